The van der Waals surface area contributed by atoms with E-state index in [1.165, 1.54) is 11.1 Å². The van der Waals surface area contributed by atoms with Crippen molar-refractivity contribution in [2.45, 2.75) is 38.3 Å². The van der Waals surface area contributed by atoms with Crippen molar-refractivity contribution in [1.82, 2.24) is 5.32 Å². The maximum atomic E-state index is 6.17. The Morgan fingerprint density at radius 2 is 1.92 bits per heavy atom. The third-order valence-corrected chi connectivity index (χ3v) is 5.34. The number of methoxy groups -OCH3 is 1. The molecule has 0 amide bonds. The molecule has 0 aromatic heterocycles. The average Bonchev–Trinajstić information content (AvgIpc) is 2.58. The van der Waals surface area contributed by atoms with Crippen molar-refractivity contribution in [1.29, 1.82) is 0 Å². The molecule has 128 valence electrons. The molecule has 24 heavy (non-hydrogen) atoms. The predicted molar refractivity (Wildman–Crippen MR) is 101 cm³/mol. The fraction of sp³-hybridized carbons (Fsp3) is 0.368. The van der Waals surface area contributed by atoms with Crippen LogP contribution in [0, 0.1) is 0 Å². The highest BCUT2D eigenvalue weighted by Crippen LogP contribution is 2.35. The first-order valence-electron chi connectivity index (χ1n) is 8.17. The van der Waals surface area contributed by atoms with Gasteiger partial charge in [0, 0.05) is 12.1 Å². The Bertz CT molecular complexity index is 725. The van der Waals surface area contributed by atoms with Crippen molar-refractivity contribution in [3.63, 3.8) is 0 Å². The van der Waals surface area contributed by atoms with Crippen LogP contribution in [0.5, 0.6) is 5.75 Å². The Morgan fingerprint density at radius 1 is 1.21 bits per heavy atom. The number of hydrogen-bond acceptors (Lipinski definition) is 3. The van der Waals surface area contributed by atoms with Crippen molar-refractivity contribution < 1.29 is 4.74 Å². The number of hydrogen-bond donors (Lipinski definition) is 2. The van der Waals surface area contributed by atoms with E-state index in [-0.39, 0.29) is 6.04 Å². The van der Waals surface area contributed by atoms with Crippen molar-refractivity contribution in [3.8, 4) is 5.75 Å². The van der Waals surface area contributed by atoms with Gasteiger partial charge in [-0.05, 0) is 67.1 Å². The predicted octanol–water partition coefficient (Wildman–Crippen LogP) is 5.31. The zero-order valence-corrected chi connectivity index (χ0v) is 15.4. The highest BCUT2D eigenvalue weighted by molar-refractivity contribution is 6.38. The van der Waals surface area contributed by atoms with Crippen LogP contribution < -0.4 is 15.8 Å². The minimum atomic E-state index is 0.124. The summed E-state index contributed by atoms with van der Waals surface area (Å²) < 4.78 is 5.34. The molecule has 0 spiro atoms. The van der Waals surface area contributed by atoms with Crippen LogP contribution >= 0.6 is 23.2 Å². The molecule has 0 heterocycles. The minimum Gasteiger partial charge on any atom is -0.497 e. The summed E-state index contributed by atoms with van der Waals surface area (Å²) in [6, 6.07) is 10.5. The third kappa shape index (κ3) is 3.49. The van der Waals surface area contributed by atoms with Gasteiger partial charge in [-0.15, -0.1) is 0 Å². The summed E-state index contributed by atoms with van der Waals surface area (Å²) in [5.74, 6) is 0.916. The van der Waals surface area contributed by atoms with Gasteiger partial charge in [0.05, 0.1) is 22.8 Å². The van der Waals surface area contributed by atoms with E-state index in [2.05, 4.69) is 24.4 Å². The molecular formula is C19H22Cl2N2O. The van der Waals surface area contributed by atoms with Gasteiger partial charge in [-0.3, -0.25) is 0 Å². The van der Waals surface area contributed by atoms with Crippen LogP contribution in [0.2, 0.25) is 10.0 Å². The van der Waals surface area contributed by atoms with E-state index >= 15 is 0 Å². The maximum absolute atomic E-state index is 6.17. The number of halogens is 2. The minimum absolute atomic E-state index is 0.124. The molecule has 3 N–H and O–H groups in total. The Kier molecular flexibility index (Phi) is 5.24. The second-order valence-electron chi connectivity index (χ2n) is 6.30. The zero-order valence-electron chi connectivity index (χ0n) is 13.9. The highest BCUT2D eigenvalue weighted by atomic mass is 35.5. The smallest absolute Gasteiger partial charge is 0.119 e. The summed E-state index contributed by atoms with van der Waals surface area (Å²) in [6.45, 7) is 2.12. The van der Waals surface area contributed by atoms with Crippen LogP contribution in [0.25, 0.3) is 0 Å². The van der Waals surface area contributed by atoms with Crippen molar-refractivity contribution in [3.05, 3.63) is 57.1 Å². The van der Waals surface area contributed by atoms with Gasteiger partial charge >= 0.3 is 0 Å². The van der Waals surface area contributed by atoms with Gasteiger partial charge < -0.3 is 15.8 Å². The number of anilines is 1. The normalized spacial score (nSPS) is 18.1. The SMILES string of the molecule is COc1ccc2c(c1)CCC[C@H]2N[C@@H](C)c1cc(Cl)c(N)c(Cl)c1. The molecule has 0 aliphatic heterocycles. The lowest BCUT2D eigenvalue weighted by molar-refractivity contribution is 0.402. The number of rotatable bonds is 4. The fourth-order valence-electron chi connectivity index (χ4n) is 3.34. The number of nitrogens with one attached hydrogen (secondary N) is 1. The summed E-state index contributed by atoms with van der Waals surface area (Å²) in [4.78, 5) is 0. The summed E-state index contributed by atoms with van der Waals surface area (Å²) in [6.07, 6.45) is 3.37. The lowest BCUT2D eigenvalue weighted by atomic mass is 9.87. The second kappa shape index (κ2) is 7.22. The molecule has 1 aliphatic rings. The summed E-state index contributed by atoms with van der Waals surface area (Å²) in [5.41, 5.74) is 10.0. The van der Waals surface area contributed by atoms with Gasteiger partial charge in [0.2, 0.25) is 0 Å². The largest absolute Gasteiger partial charge is 0.497 e. The number of fused-ring (bicyclic) bond motifs is 1. The number of nitrogens with two attached hydrogens (primary N) is 1. The van der Waals surface area contributed by atoms with E-state index in [0.717, 1.165) is 30.6 Å². The topological polar surface area (TPSA) is 47.3 Å². The molecule has 0 fully saturated rings. The number of ether oxygens (including phenoxy) is 1. The van der Waals surface area contributed by atoms with Gasteiger partial charge in [-0.25, -0.2) is 0 Å². The molecule has 0 saturated heterocycles. The Hall–Kier alpha value is -1.42. The number of nitrogen functional groups attached to an aromatic ring is 1. The quantitative estimate of drug-likeness (QED) is 0.722. The first-order valence-corrected chi connectivity index (χ1v) is 8.92. The molecule has 5 heteroatoms. The van der Waals surface area contributed by atoms with Gasteiger partial charge in [0.1, 0.15) is 5.75 Å². The van der Waals surface area contributed by atoms with Crippen LogP contribution in [-0.2, 0) is 6.42 Å². The van der Waals surface area contributed by atoms with Gasteiger partial charge in [-0.1, -0.05) is 29.3 Å². The van der Waals surface area contributed by atoms with Gasteiger partial charge in [0.15, 0.2) is 0 Å². The molecule has 2 atom stereocenters. The molecule has 0 unspecified atom stereocenters. The summed E-state index contributed by atoms with van der Waals surface area (Å²) in [7, 11) is 1.71. The van der Waals surface area contributed by atoms with Crippen molar-refractivity contribution in [2.75, 3.05) is 12.8 Å². The molecular weight excluding hydrogens is 343 g/mol. The molecule has 2 aromatic carbocycles. The molecule has 0 bridgehead atoms. The van der Waals surface area contributed by atoms with E-state index in [9.17, 15) is 0 Å². The summed E-state index contributed by atoms with van der Waals surface area (Å²) in [5, 5.41) is 4.70. The zero-order chi connectivity index (χ0) is 17.3. The first kappa shape index (κ1) is 17.4. The molecule has 0 saturated carbocycles. The average molecular weight is 365 g/mol. The van der Waals surface area contributed by atoms with E-state index in [1.807, 2.05) is 18.2 Å². The van der Waals surface area contributed by atoms with E-state index < -0.39 is 0 Å². The number of benzene rings is 2. The van der Waals surface area contributed by atoms with E-state index in [4.69, 9.17) is 33.7 Å². The van der Waals surface area contributed by atoms with Gasteiger partial charge in [0.25, 0.3) is 0 Å². The molecule has 3 rings (SSSR count). The van der Waals surface area contributed by atoms with Crippen LogP contribution in [0.3, 0.4) is 0 Å². The molecule has 0 radical (unpaired) electrons. The van der Waals surface area contributed by atoms with Crippen molar-refractivity contribution >= 4 is 28.9 Å². The van der Waals surface area contributed by atoms with Crippen LogP contribution in [0.4, 0.5) is 5.69 Å². The fourth-order valence-corrected chi connectivity index (χ4v) is 3.85. The molecule has 3 nitrogen and oxygen atoms in total. The van der Waals surface area contributed by atoms with E-state index in [0.29, 0.717) is 21.8 Å². The summed E-state index contributed by atoms with van der Waals surface area (Å²) >= 11 is 12.3. The first-order chi connectivity index (χ1) is 11.5. The van der Waals surface area contributed by atoms with E-state index in [1.54, 1.807) is 7.11 Å². The maximum Gasteiger partial charge on any atom is 0.119 e. The Labute approximate surface area is 153 Å². The number of aryl methyl sites for hydroxylation is 1. The second-order valence-corrected chi connectivity index (χ2v) is 7.11. The third-order valence-electron chi connectivity index (χ3n) is 4.72. The Morgan fingerprint density at radius 3 is 2.58 bits per heavy atom. The molecule has 2 aromatic rings. The van der Waals surface area contributed by atoms with Crippen LogP contribution in [-0.4, -0.2) is 7.11 Å². The standard InChI is InChI=1S/C19H22Cl2N2O/c1-11(13-9-16(20)19(22)17(21)10-13)23-18-5-3-4-12-8-14(24-2)6-7-15(12)18/h6-11,18,23H,3-5,22H2,1-2H3/t11-,18+/m0/s1. The monoisotopic (exact) mass is 364 g/mol. The highest BCUT2D eigenvalue weighted by Gasteiger charge is 2.23. The molecule has 1 aliphatic carbocycles. The Balaban J connectivity index is 1.82. The lowest BCUT2D eigenvalue weighted by Gasteiger charge is -2.30. The van der Waals surface area contributed by atoms with Crippen molar-refractivity contribution in [2.24, 2.45) is 0 Å². The lowest BCUT2D eigenvalue weighted by Crippen LogP contribution is -2.27. The van der Waals surface area contributed by atoms with Crippen LogP contribution in [0.15, 0.2) is 30.3 Å². The van der Waals surface area contributed by atoms with Crippen LogP contribution in [0.1, 0.15) is 48.5 Å². The van der Waals surface area contributed by atoms with Gasteiger partial charge in [-0.2, -0.15) is 0 Å².